The van der Waals surface area contributed by atoms with Gasteiger partial charge >= 0.3 is 0 Å². The van der Waals surface area contributed by atoms with Gasteiger partial charge in [-0.3, -0.25) is 0 Å². The predicted molar refractivity (Wildman–Crippen MR) is 97.6 cm³/mol. The van der Waals surface area contributed by atoms with Crippen LogP contribution in [-0.2, 0) is 10.2 Å². The minimum atomic E-state index is -3.52. The molecule has 1 saturated heterocycles. The van der Waals surface area contributed by atoms with Crippen LogP contribution in [0.3, 0.4) is 0 Å². The molecule has 1 aliphatic heterocycles. The van der Waals surface area contributed by atoms with Crippen LogP contribution in [0.5, 0.6) is 0 Å². The molecule has 26 heavy (non-hydrogen) atoms. The summed E-state index contributed by atoms with van der Waals surface area (Å²) in [4.78, 5) is 9.23. The third kappa shape index (κ3) is 3.38. The maximum atomic E-state index is 12.8. The highest BCUT2D eigenvalue weighted by Crippen LogP contribution is 2.34. The Morgan fingerprint density at radius 2 is 1.92 bits per heavy atom. The van der Waals surface area contributed by atoms with Crippen molar-refractivity contribution in [3.05, 3.63) is 28.9 Å². The summed E-state index contributed by atoms with van der Waals surface area (Å²) in [5, 5.41) is 3.97. The van der Waals surface area contributed by atoms with Gasteiger partial charge in [0.25, 0.3) is 10.2 Å². The van der Waals surface area contributed by atoms with E-state index in [9.17, 15) is 8.42 Å². The normalized spacial score (nSPS) is 19.2. The smallest absolute Gasteiger partial charge is 0.282 e. The zero-order valence-electron chi connectivity index (χ0n) is 15.9. The maximum Gasteiger partial charge on any atom is 0.282 e. The number of nitrogens with zero attached hydrogens (tertiary/aromatic N) is 5. The number of aromatic nitrogens is 3. The van der Waals surface area contributed by atoms with Gasteiger partial charge < -0.3 is 4.52 Å². The molecule has 3 heterocycles. The Hall–Kier alpha value is -1.84. The van der Waals surface area contributed by atoms with E-state index in [4.69, 9.17) is 9.51 Å². The second-order valence-corrected chi connectivity index (χ2v) is 8.96. The standard InChI is InChI=1S/C17H25N5O3S/c1-11-10-14(19-17(18-11)16-12(2)20-25-13(16)3)15-8-6-7-9-22(15)26(23,24)21(4)5/h10,15H,6-9H2,1-5H3/t15-/m0/s1. The summed E-state index contributed by atoms with van der Waals surface area (Å²) in [6.45, 7) is 6.06. The summed E-state index contributed by atoms with van der Waals surface area (Å²) in [7, 11) is -0.404. The third-order valence-electron chi connectivity index (χ3n) is 4.68. The van der Waals surface area contributed by atoms with Gasteiger partial charge in [-0.15, -0.1) is 0 Å². The fourth-order valence-electron chi connectivity index (χ4n) is 3.36. The van der Waals surface area contributed by atoms with Crippen molar-refractivity contribution >= 4 is 10.2 Å². The summed E-state index contributed by atoms with van der Waals surface area (Å²) < 4.78 is 33.6. The van der Waals surface area contributed by atoms with E-state index in [1.165, 1.54) is 4.31 Å². The van der Waals surface area contributed by atoms with Crippen molar-refractivity contribution < 1.29 is 12.9 Å². The van der Waals surface area contributed by atoms with Gasteiger partial charge in [0, 0.05) is 26.3 Å². The quantitative estimate of drug-likeness (QED) is 0.810. The summed E-state index contributed by atoms with van der Waals surface area (Å²) in [5.74, 6) is 1.18. The molecule has 1 fully saturated rings. The van der Waals surface area contributed by atoms with Crippen LogP contribution < -0.4 is 0 Å². The van der Waals surface area contributed by atoms with E-state index in [-0.39, 0.29) is 6.04 Å². The average molecular weight is 379 g/mol. The fraction of sp³-hybridized carbons (Fsp3) is 0.588. The van der Waals surface area contributed by atoms with Crippen molar-refractivity contribution in [2.45, 2.75) is 46.1 Å². The lowest BCUT2D eigenvalue weighted by atomic mass is 10.0. The van der Waals surface area contributed by atoms with Gasteiger partial charge in [0.15, 0.2) is 5.82 Å². The van der Waals surface area contributed by atoms with E-state index in [0.717, 1.165) is 41.9 Å². The van der Waals surface area contributed by atoms with Crippen molar-refractivity contribution in [2.75, 3.05) is 20.6 Å². The lowest BCUT2D eigenvalue weighted by Crippen LogP contribution is -2.44. The van der Waals surface area contributed by atoms with Gasteiger partial charge in [-0.25, -0.2) is 9.97 Å². The Morgan fingerprint density at radius 3 is 2.54 bits per heavy atom. The molecule has 0 bridgehead atoms. The molecule has 1 aliphatic rings. The van der Waals surface area contributed by atoms with Crippen molar-refractivity contribution in [2.24, 2.45) is 0 Å². The molecule has 8 nitrogen and oxygen atoms in total. The molecule has 9 heteroatoms. The minimum absolute atomic E-state index is 0.294. The van der Waals surface area contributed by atoms with Gasteiger partial charge in [-0.05, 0) is 39.7 Å². The van der Waals surface area contributed by atoms with Gasteiger partial charge in [0.1, 0.15) is 5.76 Å². The van der Waals surface area contributed by atoms with Crippen LogP contribution in [0.15, 0.2) is 10.6 Å². The minimum Gasteiger partial charge on any atom is -0.361 e. The van der Waals surface area contributed by atoms with Crippen LogP contribution in [0.4, 0.5) is 0 Å². The molecule has 142 valence electrons. The molecule has 2 aromatic rings. The molecule has 0 N–H and O–H groups in total. The zero-order valence-corrected chi connectivity index (χ0v) is 16.7. The van der Waals surface area contributed by atoms with Gasteiger partial charge in [-0.1, -0.05) is 11.6 Å². The third-order valence-corrected chi connectivity index (χ3v) is 6.64. The van der Waals surface area contributed by atoms with Gasteiger partial charge in [-0.2, -0.15) is 17.0 Å². The van der Waals surface area contributed by atoms with Crippen molar-refractivity contribution in [3.63, 3.8) is 0 Å². The lowest BCUT2D eigenvalue weighted by Gasteiger charge is -2.36. The number of hydrogen-bond acceptors (Lipinski definition) is 6. The van der Waals surface area contributed by atoms with E-state index in [0.29, 0.717) is 18.1 Å². The number of aryl methyl sites for hydroxylation is 3. The molecule has 0 amide bonds. The Balaban J connectivity index is 2.08. The first kappa shape index (κ1) is 18.9. The summed E-state index contributed by atoms with van der Waals surface area (Å²) in [6.07, 6.45) is 2.56. The van der Waals surface area contributed by atoms with Crippen LogP contribution in [0.1, 0.15) is 48.1 Å². The highest BCUT2D eigenvalue weighted by atomic mass is 32.2. The van der Waals surface area contributed by atoms with Crippen LogP contribution in [0.2, 0.25) is 0 Å². The second kappa shape index (κ2) is 7.05. The first-order valence-electron chi connectivity index (χ1n) is 8.70. The molecular weight excluding hydrogens is 354 g/mol. The van der Waals surface area contributed by atoms with Crippen molar-refractivity contribution in [1.29, 1.82) is 0 Å². The first-order chi connectivity index (χ1) is 12.2. The van der Waals surface area contributed by atoms with Crippen molar-refractivity contribution in [3.8, 4) is 11.4 Å². The highest BCUT2D eigenvalue weighted by molar-refractivity contribution is 7.86. The Bertz CT molecular complexity index is 888. The average Bonchev–Trinajstić information content (AvgIpc) is 2.92. The van der Waals surface area contributed by atoms with E-state index in [1.54, 1.807) is 18.4 Å². The van der Waals surface area contributed by atoms with Crippen LogP contribution >= 0.6 is 0 Å². The predicted octanol–water partition coefficient (Wildman–Crippen LogP) is 2.39. The van der Waals surface area contributed by atoms with E-state index >= 15 is 0 Å². The molecule has 2 aromatic heterocycles. The molecule has 1 atom stereocenters. The van der Waals surface area contributed by atoms with Gasteiger partial charge in [0.05, 0.1) is 23.0 Å². The summed E-state index contributed by atoms with van der Waals surface area (Å²) in [5.41, 5.74) is 3.00. The van der Waals surface area contributed by atoms with Crippen LogP contribution in [0.25, 0.3) is 11.4 Å². The Morgan fingerprint density at radius 1 is 1.19 bits per heavy atom. The topological polar surface area (TPSA) is 92.4 Å². The monoisotopic (exact) mass is 379 g/mol. The number of rotatable bonds is 4. The molecule has 0 saturated carbocycles. The molecule has 0 unspecified atom stereocenters. The zero-order chi connectivity index (χ0) is 19.1. The van der Waals surface area contributed by atoms with Gasteiger partial charge in [0.2, 0.25) is 0 Å². The lowest BCUT2D eigenvalue weighted by molar-refractivity contribution is 0.238. The SMILES string of the molecule is Cc1cc([C@@H]2CCCCN2S(=O)(=O)N(C)C)nc(-c2c(C)noc2C)n1. The molecular formula is C17H25N5O3S. The summed E-state index contributed by atoms with van der Waals surface area (Å²) >= 11 is 0. The number of piperidine rings is 1. The molecule has 0 aliphatic carbocycles. The largest absolute Gasteiger partial charge is 0.361 e. The van der Waals surface area contributed by atoms with E-state index < -0.39 is 10.2 Å². The Kier molecular flexibility index (Phi) is 5.14. The first-order valence-corrected chi connectivity index (χ1v) is 10.1. The molecule has 0 aromatic carbocycles. The van der Waals surface area contributed by atoms with E-state index in [2.05, 4.69) is 10.1 Å². The highest BCUT2D eigenvalue weighted by Gasteiger charge is 2.36. The fourth-order valence-corrected chi connectivity index (χ4v) is 4.68. The maximum absolute atomic E-state index is 12.8. The Labute approximate surface area is 154 Å². The second-order valence-electron chi connectivity index (χ2n) is 6.87. The van der Waals surface area contributed by atoms with Crippen LogP contribution in [-0.4, -0.2) is 52.8 Å². The van der Waals surface area contributed by atoms with Crippen molar-refractivity contribution in [1.82, 2.24) is 23.7 Å². The summed E-state index contributed by atoms with van der Waals surface area (Å²) in [6, 6.07) is 1.58. The van der Waals surface area contributed by atoms with Crippen LogP contribution in [0, 0.1) is 20.8 Å². The molecule has 3 rings (SSSR count). The molecule has 0 spiro atoms. The van der Waals surface area contributed by atoms with E-state index in [1.807, 2.05) is 26.8 Å². The number of hydrogen-bond donors (Lipinski definition) is 0. The molecule has 0 radical (unpaired) electrons.